The van der Waals surface area contributed by atoms with Crippen molar-refractivity contribution in [3.05, 3.63) is 53.1 Å². The van der Waals surface area contributed by atoms with Crippen molar-refractivity contribution in [2.45, 2.75) is 19.8 Å². The van der Waals surface area contributed by atoms with Gasteiger partial charge in [0.2, 0.25) is 11.8 Å². The summed E-state index contributed by atoms with van der Waals surface area (Å²) in [6.07, 6.45) is 0.905. The first kappa shape index (κ1) is 24.5. The number of rotatable bonds is 10. The first-order valence-corrected chi connectivity index (χ1v) is 11.1. The van der Waals surface area contributed by atoms with Crippen LogP contribution in [-0.4, -0.2) is 51.1 Å². The topological polar surface area (TPSA) is 97.0 Å². The van der Waals surface area contributed by atoms with Gasteiger partial charge in [-0.25, -0.2) is 0 Å². The lowest BCUT2D eigenvalue weighted by molar-refractivity contribution is -0.126. The number of hydrogen-bond acceptors (Lipinski definition) is 5. The van der Waals surface area contributed by atoms with Crippen molar-refractivity contribution in [2.75, 3.05) is 43.6 Å². The smallest absolute Gasteiger partial charge is 0.262 e. The van der Waals surface area contributed by atoms with Gasteiger partial charge in [-0.05, 0) is 55.3 Å². The quantitative estimate of drug-likeness (QED) is 0.516. The summed E-state index contributed by atoms with van der Waals surface area (Å²) in [5, 5.41) is 6.16. The number of anilines is 2. The highest BCUT2D eigenvalue weighted by Crippen LogP contribution is 2.27. The van der Waals surface area contributed by atoms with E-state index in [4.69, 9.17) is 21.1 Å². The highest BCUT2D eigenvalue weighted by Gasteiger charge is 2.34. The van der Waals surface area contributed by atoms with E-state index in [2.05, 4.69) is 10.6 Å². The molecule has 0 spiro atoms. The largest absolute Gasteiger partial charge is 0.484 e. The minimum Gasteiger partial charge on any atom is -0.484 e. The second-order valence-corrected chi connectivity index (χ2v) is 8.27. The molecule has 1 aliphatic heterocycles. The summed E-state index contributed by atoms with van der Waals surface area (Å²) < 4.78 is 10.5. The zero-order chi connectivity index (χ0) is 23.8. The maximum Gasteiger partial charge on any atom is 0.262 e. The van der Waals surface area contributed by atoms with Crippen molar-refractivity contribution in [2.24, 2.45) is 5.92 Å². The second-order valence-electron chi connectivity index (χ2n) is 7.83. The molecule has 1 atom stereocenters. The zero-order valence-electron chi connectivity index (χ0n) is 18.7. The monoisotopic (exact) mass is 473 g/mol. The van der Waals surface area contributed by atoms with Gasteiger partial charge in [0.25, 0.3) is 5.91 Å². The molecule has 1 heterocycles. The molecular weight excluding hydrogens is 446 g/mol. The Bertz CT molecular complexity index is 996. The summed E-state index contributed by atoms with van der Waals surface area (Å²) in [6, 6.07) is 12.1. The van der Waals surface area contributed by atoms with Crippen LogP contribution in [0.5, 0.6) is 5.75 Å². The van der Waals surface area contributed by atoms with Crippen molar-refractivity contribution in [3.63, 3.8) is 0 Å². The lowest BCUT2D eigenvalue weighted by atomic mass is 10.1. The zero-order valence-corrected chi connectivity index (χ0v) is 19.5. The molecule has 2 aromatic rings. The lowest BCUT2D eigenvalue weighted by Crippen LogP contribution is -2.33. The van der Waals surface area contributed by atoms with E-state index in [-0.39, 0.29) is 36.7 Å². The van der Waals surface area contributed by atoms with Crippen LogP contribution in [0, 0.1) is 12.8 Å². The minimum absolute atomic E-state index is 0.100. The van der Waals surface area contributed by atoms with Gasteiger partial charge < -0.3 is 25.0 Å². The summed E-state index contributed by atoms with van der Waals surface area (Å²) in [6.45, 7) is 3.14. The summed E-state index contributed by atoms with van der Waals surface area (Å²) in [5.74, 6) is -0.413. The molecule has 1 saturated heterocycles. The number of amides is 3. The highest BCUT2D eigenvalue weighted by atomic mass is 35.5. The molecule has 0 unspecified atom stereocenters. The molecule has 0 radical (unpaired) electrons. The van der Waals surface area contributed by atoms with Crippen LogP contribution >= 0.6 is 11.6 Å². The van der Waals surface area contributed by atoms with Crippen LogP contribution in [0.3, 0.4) is 0 Å². The Morgan fingerprint density at radius 1 is 1.18 bits per heavy atom. The standard InChI is InChI=1S/C24H28ClN3O5/c1-16-4-5-18(25)13-21(16)27-22(29)15-33-20-8-6-19(7-9-20)28-14-17(12-23(28)30)24(31)26-10-3-11-32-2/h4-9,13,17H,3,10-12,14-15H2,1-2H3,(H,26,31)(H,27,29)/t17-/m1/s1. The van der Waals surface area contributed by atoms with Gasteiger partial charge in [-0.2, -0.15) is 0 Å². The van der Waals surface area contributed by atoms with Crippen LogP contribution in [0.15, 0.2) is 42.5 Å². The molecule has 0 saturated carbocycles. The molecule has 8 nitrogen and oxygen atoms in total. The predicted octanol–water partition coefficient (Wildman–Crippen LogP) is 3.17. The molecule has 0 aromatic heterocycles. The first-order chi connectivity index (χ1) is 15.9. The Morgan fingerprint density at radius 3 is 2.67 bits per heavy atom. The predicted molar refractivity (Wildman–Crippen MR) is 127 cm³/mol. The average Bonchev–Trinajstić information content (AvgIpc) is 3.19. The molecule has 1 aliphatic rings. The van der Waals surface area contributed by atoms with Gasteiger partial charge in [0.1, 0.15) is 5.75 Å². The summed E-state index contributed by atoms with van der Waals surface area (Å²) in [7, 11) is 1.61. The molecule has 9 heteroatoms. The van der Waals surface area contributed by atoms with Gasteiger partial charge in [-0.15, -0.1) is 0 Å². The fraction of sp³-hybridized carbons (Fsp3) is 0.375. The van der Waals surface area contributed by atoms with Gasteiger partial charge >= 0.3 is 0 Å². The fourth-order valence-corrected chi connectivity index (χ4v) is 3.66. The van der Waals surface area contributed by atoms with Crippen LogP contribution < -0.4 is 20.3 Å². The van der Waals surface area contributed by atoms with Crippen molar-refractivity contribution in [1.29, 1.82) is 0 Å². The number of nitrogens with zero attached hydrogens (tertiary/aromatic N) is 1. The average molecular weight is 474 g/mol. The number of ether oxygens (including phenoxy) is 2. The second kappa shape index (κ2) is 11.7. The van der Waals surface area contributed by atoms with E-state index < -0.39 is 0 Å². The van der Waals surface area contributed by atoms with Gasteiger partial charge in [0.15, 0.2) is 6.61 Å². The van der Waals surface area contributed by atoms with E-state index in [1.54, 1.807) is 48.4 Å². The van der Waals surface area contributed by atoms with Crippen LogP contribution in [0.25, 0.3) is 0 Å². The van der Waals surface area contributed by atoms with Gasteiger partial charge in [-0.1, -0.05) is 17.7 Å². The fourth-order valence-electron chi connectivity index (χ4n) is 3.49. The number of benzene rings is 2. The molecule has 2 N–H and O–H groups in total. The lowest BCUT2D eigenvalue weighted by Gasteiger charge is -2.17. The van der Waals surface area contributed by atoms with Gasteiger partial charge in [-0.3, -0.25) is 14.4 Å². The third-order valence-electron chi connectivity index (χ3n) is 5.31. The van der Waals surface area contributed by atoms with Gasteiger partial charge in [0, 0.05) is 49.6 Å². The third-order valence-corrected chi connectivity index (χ3v) is 5.55. The van der Waals surface area contributed by atoms with E-state index >= 15 is 0 Å². The van der Waals surface area contributed by atoms with E-state index in [1.807, 2.05) is 13.0 Å². The number of carbonyl (C=O) groups excluding carboxylic acids is 3. The Kier molecular flexibility index (Phi) is 8.68. The van der Waals surface area contributed by atoms with Crippen LogP contribution in [0.4, 0.5) is 11.4 Å². The normalized spacial score (nSPS) is 15.4. The molecule has 2 aromatic carbocycles. The summed E-state index contributed by atoms with van der Waals surface area (Å²) >= 11 is 5.98. The van der Waals surface area contributed by atoms with E-state index in [1.165, 1.54) is 0 Å². The van der Waals surface area contributed by atoms with Crippen LogP contribution in [0.2, 0.25) is 5.02 Å². The Morgan fingerprint density at radius 2 is 1.94 bits per heavy atom. The SMILES string of the molecule is COCCCNC(=O)[C@@H]1CC(=O)N(c2ccc(OCC(=O)Nc3cc(Cl)ccc3C)cc2)C1. The maximum absolute atomic E-state index is 12.4. The number of hydrogen-bond donors (Lipinski definition) is 2. The first-order valence-electron chi connectivity index (χ1n) is 10.7. The molecule has 33 heavy (non-hydrogen) atoms. The van der Waals surface area contributed by atoms with E-state index in [9.17, 15) is 14.4 Å². The van der Waals surface area contributed by atoms with Crippen molar-refractivity contribution >= 4 is 40.7 Å². The molecule has 0 bridgehead atoms. The van der Waals surface area contributed by atoms with Crippen LogP contribution in [0.1, 0.15) is 18.4 Å². The number of nitrogens with one attached hydrogen (secondary N) is 2. The molecule has 3 amide bonds. The Balaban J connectivity index is 1.49. The molecule has 0 aliphatic carbocycles. The van der Waals surface area contributed by atoms with Crippen molar-refractivity contribution in [3.8, 4) is 5.75 Å². The number of aryl methyl sites for hydroxylation is 1. The molecule has 3 rings (SSSR count). The Labute approximate surface area is 198 Å². The molecular formula is C24H28ClN3O5. The van der Waals surface area contributed by atoms with Crippen LogP contribution in [-0.2, 0) is 19.1 Å². The summed E-state index contributed by atoms with van der Waals surface area (Å²) in [4.78, 5) is 38.5. The van der Waals surface area contributed by atoms with Crippen molar-refractivity contribution in [1.82, 2.24) is 5.32 Å². The number of carbonyl (C=O) groups is 3. The van der Waals surface area contributed by atoms with E-state index in [0.29, 0.717) is 41.8 Å². The summed E-state index contributed by atoms with van der Waals surface area (Å²) in [5.41, 5.74) is 2.21. The maximum atomic E-state index is 12.4. The molecule has 176 valence electrons. The third kappa shape index (κ3) is 6.94. The van der Waals surface area contributed by atoms with E-state index in [0.717, 1.165) is 12.0 Å². The van der Waals surface area contributed by atoms with Gasteiger partial charge in [0.05, 0.1) is 5.92 Å². The number of halogens is 1. The van der Waals surface area contributed by atoms with Crippen molar-refractivity contribution < 1.29 is 23.9 Å². The highest BCUT2D eigenvalue weighted by molar-refractivity contribution is 6.31. The molecule has 1 fully saturated rings. The Hall–Kier alpha value is -3.10. The number of methoxy groups -OCH3 is 1. The minimum atomic E-state index is -0.380.